The number of para-hydroxylation sites is 1. The van der Waals surface area contributed by atoms with Crippen molar-refractivity contribution in [1.29, 1.82) is 0 Å². The fraction of sp³-hybridized carbons (Fsp3) is 0. The molecule has 2 heterocycles. The van der Waals surface area contributed by atoms with E-state index in [-0.39, 0.29) is 27.3 Å². The van der Waals surface area contributed by atoms with Crippen LogP contribution in [-0.4, -0.2) is 17.0 Å². The van der Waals surface area contributed by atoms with E-state index in [4.69, 9.17) is 16.0 Å². The van der Waals surface area contributed by atoms with Crippen LogP contribution in [0.25, 0.3) is 22.1 Å². The number of carboxylic acids is 1. The summed E-state index contributed by atoms with van der Waals surface area (Å²) >= 11 is 6.96. The highest BCUT2D eigenvalue weighted by atomic mass is 35.5. The lowest BCUT2D eigenvalue weighted by Gasteiger charge is -2.06. The quantitative estimate of drug-likeness (QED) is 0.472. The smallest absolute Gasteiger partial charge is 0.339 e. The highest BCUT2D eigenvalue weighted by molar-refractivity contribution is 7.15. The molecule has 144 valence electrons. The molecule has 0 aliphatic heterocycles. The third kappa shape index (κ3) is 3.65. The predicted molar refractivity (Wildman–Crippen MR) is 112 cm³/mol. The van der Waals surface area contributed by atoms with Crippen LogP contribution in [0.15, 0.2) is 69.2 Å². The second-order valence-electron chi connectivity index (χ2n) is 6.09. The van der Waals surface area contributed by atoms with Crippen molar-refractivity contribution in [3.8, 4) is 11.1 Å². The maximum Gasteiger partial charge on any atom is 0.339 e. The molecular formula is C21H12ClNO5S. The lowest BCUT2D eigenvalue weighted by molar-refractivity contribution is 0.0699. The van der Waals surface area contributed by atoms with E-state index in [9.17, 15) is 19.5 Å². The van der Waals surface area contributed by atoms with Gasteiger partial charge in [-0.15, -0.1) is 11.3 Å². The Morgan fingerprint density at radius 2 is 1.79 bits per heavy atom. The van der Waals surface area contributed by atoms with Crippen molar-refractivity contribution >= 4 is 50.8 Å². The molecule has 0 radical (unpaired) electrons. The number of carbonyl (C=O) groups is 2. The summed E-state index contributed by atoms with van der Waals surface area (Å²) in [5.41, 5.74) is 0.976. The summed E-state index contributed by atoms with van der Waals surface area (Å²) in [6.45, 7) is 0. The Bertz CT molecular complexity index is 1310. The second-order valence-corrected chi connectivity index (χ2v) is 7.41. The summed E-state index contributed by atoms with van der Waals surface area (Å²) in [5.74, 6) is -2.10. The predicted octanol–water partition coefficient (Wildman–Crippen LogP) is 5.13. The van der Waals surface area contributed by atoms with Crippen LogP contribution in [0.5, 0.6) is 0 Å². The summed E-state index contributed by atoms with van der Waals surface area (Å²) in [4.78, 5) is 36.7. The highest BCUT2D eigenvalue weighted by Crippen LogP contribution is 2.36. The van der Waals surface area contributed by atoms with Crippen molar-refractivity contribution in [3.05, 3.63) is 86.5 Å². The van der Waals surface area contributed by atoms with Crippen LogP contribution in [0.4, 0.5) is 5.00 Å². The largest absolute Gasteiger partial charge is 0.478 e. The first-order valence-electron chi connectivity index (χ1n) is 8.39. The first-order valence-corrected chi connectivity index (χ1v) is 9.65. The van der Waals surface area contributed by atoms with Crippen molar-refractivity contribution in [3.63, 3.8) is 0 Å². The van der Waals surface area contributed by atoms with Crippen molar-refractivity contribution in [2.24, 2.45) is 0 Å². The van der Waals surface area contributed by atoms with E-state index in [0.717, 1.165) is 17.4 Å². The minimum absolute atomic E-state index is 0.0474. The monoisotopic (exact) mass is 425 g/mol. The number of amides is 1. The highest BCUT2D eigenvalue weighted by Gasteiger charge is 2.22. The van der Waals surface area contributed by atoms with Gasteiger partial charge in [-0.1, -0.05) is 35.9 Å². The fourth-order valence-corrected chi connectivity index (χ4v) is 3.97. The van der Waals surface area contributed by atoms with Gasteiger partial charge < -0.3 is 14.8 Å². The number of rotatable bonds is 4. The van der Waals surface area contributed by atoms with Crippen molar-refractivity contribution in [2.75, 3.05) is 5.32 Å². The van der Waals surface area contributed by atoms with Gasteiger partial charge in [0.25, 0.3) is 5.91 Å². The van der Waals surface area contributed by atoms with Gasteiger partial charge in [0.2, 0.25) is 0 Å². The number of hydrogen-bond donors (Lipinski definition) is 2. The number of nitrogens with one attached hydrogen (secondary N) is 1. The number of benzene rings is 2. The van der Waals surface area contributed by atoms with Crippen LogP contribution < -0.4 is 10.7 Å². The van der Waals surface area contributed by atoms with E-state index in [1.807, 2.05) is 0 Å². The van der Waals surface area contributed by atoms with Crippen LogP contribution in [0.1, 0.15) is 20.9 Å². The second kappa shape index (κ2) is 7.54. The number of carbonyl (C=O) groups excluding carboxylic acids is 1. The minimum atomic E-state index is -1.19. The van der Waals surface area contributed by atoms with E-state index in [1.54, 1.807) is 53.9 Å². The van der Waals surface area contributed by atoms with E-state index < -0.39 is 11.9 Å². The first-order chi connectivity index (χ1) is 13.9. The molecule has 0 aliphatic rings. The lowest BCUT2D eigenvalue weighted by Crippen LogP contribution is -2.16. The Morgan fingerprint density at radius 3 is 2.52 bits per heavy atom. The van der Waals surface area contributed by atoms with E-state index in [1.165, 1.54) is 0 Å². The average Bonchev–Trinajstić information content (AvgIpc) is 3.12. The van der Waals surface area contributed by atoms with Gasteiger partial charge >= 0.3 is 5.97 Å². The van der Waals surface area contributed by atoms with E-state index >= 15 is 0 Å². The molecule has 0 aliphatic carbocycles. The fourth-order valence-electron chi connectivity index (χ4n) is 2.88. The molecule has 0 spiro atoms. The van der Waals surface area contributed by atoms with E-state index in [2.05, 4.69) is 5.32 Å². The molecule has 6 nitrogen and oxygen atoms in total. The number of aromatic carboxylic acids is 1. The molecule has 2 aromatic heterocycles. The normalized spacial score (nSPS) is 10.8. The molecule has 4 rings (SSSR count). The third-order valence-electron chi connectivity index (χ3n) is 4.25. The molecule has 29 heavy (non-hydrogen) atoms. The van der Waals surface area contributed by atoms with Crippen LogP contribution in [0.2, 0.25) is 5.02 Å². The number of anilines is 1. The van der Waals surface area contributed by atoms with Crippen molar-refractivity contribution in [2.45, 2.75) is 0 Å². The molecule has 0 unspecified atom stereocenters. The van der Waals surface area contributed by atoms with Gasteiger partial charge in [-0.05, 0) is 29.8 Å². The maximum absolute atomic E-state index is 12.6. The first kappa shape index (κ1) is 18.9. The molecule has 0 fully saturated rings. The average molecular weight is 426 g/mol. The molecule has 2 aromatic carbocycles. The van der Waals surface area contributed by atoms with Crippen LogP contribution >= 0.6 is 22.9 Å². The van der Waals surface area contributed by atoms with Gasteiger partial charge in [-0.2, -0.15) is 0 Å². The van der Waals surface area contributed by atoms with Crippen molar-refractivity contribution < 1.29 is 19.1 Å². The molecule has 0 saturated carbocycles. The summed E-state index contributed by atoms with van der Waals surface area (Å²) in [7, 11) is 0. The zero-order valence-corrected chi connectivity index (χ0v) is 16.2. The third-order valence-corrected chi connectivity index (χ3v) is 5.39. The Morgan fingerprint density at radius 1 is 1.07 bits per heavy atom. The summed E-state index contributed by atoms with van der Waals surface area (Å²) < 4.78 is 5.51. The zero-order valence-electron chi connectivity index (χ0n) is 14.6. The van der Waals surface area contributed by atoms with Gasteiger partial charge in [0, 0.05) is 22.0 Å². The van der Waals surface area contributed by atoms with Gasteiger partial charge in [0.05, 0.1) is 5.39 Å². The molecular weight excluding hydrogens is 414 g/mol. The van der Waals surface area contributed by atoms with E-state index in [0.29, 0.717) is 21.5 Å². The number of thiophene rings is 1. The topological polar surface area (TPSA) is 96.6 Å². The van der Waals surface area contributed by atoms with Crippen LogP contribution in [-0.2, 0) is 0 Å². The van der Waals surface area contributed by atoms with Gasteiger partial charge in [0.1, 0.15) is 16.1 Å². The molecule has 0 atom stereocenters. The summed E-state index contributed by atoms with van der Waals surface area (Å²) in [6.07, 6.45) is 0. The Kier molecular flexibility index (Phi) is 4.92. The molecule has 4 aromatic rings. The van der Waals surface area contributed by atoms with Crippen LogP contribution in [0, 0.1) is 0 Å². The summed E-state index contributed by atoms with van der Waals surface area (Å²) in [5, 5.41) is 14.9. The molecule has 0 bridgehead atoms. The number of carboxylic acid groups (broad SMARTS) is 1. The Hall–Kier alpha value is -3.42. The molecule has 2 N–H and O–H groups in total. The zero-order chi connectivity index (χ0) is 20.5. The molecule has 8 heteroatoms. The number of hydrogen-bond acceptors (Lipinski definition) is 5. The maximum atomic E-state index is 12.6. The SMILES string of the molecule is O=C(Nc1scc(-c2ccc(Cl)cc2)c1C(=O)O)c1cc(=O)c2ccccc2o1. The van der Waals surface area contributed by atoms with Gasteiger partial charge in [-0.3, -0.25) is 9.59 Å². The number of halogens is 1. The molecule has 0 saturated heterocycles. The van der Waals surface area contributed by atoms with Crippen LogP contribution in [0.3, 0.4) is 0 Å². The Labute approximate surface area is 173 Å². The minimum Gasteiger partial charge on any atom is -0.478 e. The Balaban J connectivity index is 1.71. The lowest BCUT2D eigenvalue weighted by atomic mass is 10.0. The standard InChI is InChI=1S/C21H12ClNO5S/c22-12-7-5-11(6-8-12)14-10-29-20(18(14)21(26)27)23-19(25)17-9-15(24)13-3-1-2-4-16(13)28-17/h1-10H,(H,23,25)(H,26,27). The summed E-state index contributed by atoms with van der Waals surface area (Å²) in [6, 6.07) is 14.4. The number of fused-ring (bicyclic) bond motifs is 1. The van der Waals surface area contributed by atoms with Gasteiger partial charge in [-0.25, -0.2) is 4.79 Å². The van der Waals surface area contributed by atoms with Gasteiger partial charge in [0.15, 0.2) is 11.2 Å². The van der Waals surface area contributed by atoms with Crippen molar-refractivity contribution in [1.82, 2.24) is 0 Å². The molecule has 1 amide bonds.